The minimum atomic E-state index is -3.66. The molecule has 1 aliphatic rings. The zero-order chi connectivity index (χ0) is 23.7. The Morgan fingerprint density at radius 2 is 1.94 bits per heavy atom. The molecule has 1 N–H and O–H groups in total. The van der Waals surface area contributed by atoms with Crippen LogP contribution in [0.15, 0.2) is 29.3 Å². The SMILES string of the molecule is CCCC(=O)OCC(CC)NC(=O)c1ccc(C2CC2)c(S(=O)(=O)CC=CCC(C)C)n1. The molecule has 8 heteroatoms. The van der Waals surface area contributed by atoms with Crippen LogP contribution in [0.25, 0.3) is 0 Å². The molecule has 7 nitrogen and oxygen atoms in total. The largest absolute Gasteiger partial charge is 0.463 e. The Bertz CT molecular complexity index is 920. The van der Waals surface area contributed by atoms with Gasteiger partial charge in [0.05, 0.1) is 11.8 Å². The highest BCUT2D eigenvalue weighted by Gasteiger charge is 2.32. The van der Waals surface area contributed by atoms with Crippen molar-refractivity contribution in [3.8, 4) is 0 Å². The second kappa shape index (κ2) is 12.1. The maximum Gasteiger partial charge on any atom is 0.305 e. The molecule has 1 saturated carbocycles. The third-order valence-electron chi connectivity index (χ3n) is 5.25. The van der Waals surface area contributed by atoms with E-state index in [1.807, 2.05) is 19.9 Å². The van der Waals surface area contributed by atoms with Crippen LogP contribution in [0.1, 0.15) is 88.2 Å². The molecule has 1 aromatic rings. The highest BCUT2D eigenvalue weighted by atomic mass is 32.2. The first kappa shape index (κ1) is 26.0. The van der Waals surface area contributed by atoms with Crippen molar-refractivity contribution in [2.45, 2.75) is 83.2 Å². The molecular formula is C24H36N2O5S. The number of hydrogen-bond acceptors (Lipinski definition) is 6. The summed E-state index contributed by atoms with van der Waals surface area (Å²) in [5, 5.41) is 2.80. The van der Waals surface area contributed by atoms with Gasteiger partial charge in [-0.1, -0.05) is 45.9 Å². The summed E-state index contributed by atoms with van der Waals surface area (Å²) >= 11 is 0. The third-order valence-corrected chi connectivity index (χ3v) is 6.80. The number of carbonyl (C=O) groups excluding carboxylic acids is 2. The molecule has 1 amide bonds. The molecule has 0 radical (unpaired) electrons. The number of nitrogens with zero attached hydrogens (tertiary/aromatic N) is 1. The number of esters is 1. The van der Waals surface area contributed by atoms with Gasteiger partial charge < -0.3 is 10.1 Å². The van der Waals surface area contributed by atoms with E-state index in [1.54, 1.807) is 18.2 Å². The fraction of sp³-hybridized carbons (Fsp3) is 0.625. The van der Waals surface area contributed by atoms with Crippen LogP contribution >= 0.6 is 0 Å². The first-order valence-electron chi connectivity index (χ1n) is 11.5. The molecule has 1 aliphatic carbocycles. The molecule has 1 heterocycles. The lowest BCUT2D eigenvalue weighted by Gasteiger charge is -2.17. The molecule has 2 rings (SSSR count). The van der Waals surface area contributed by atoms with Crippen molar-refractivity contribution in [3.05, 3.63) is 35.5 Å². The van der Waals surface area contributed by atoms with Crippen molar-refractivity contribution in [1.29, 1.82) is 0 Å². The normalized spacial score (nSPS) is 15.2. The van der Waals surface area contributed by atoms with Crippen molar-refractivity contribution >= 4 is 21.7 Å². The molecule has 0 saturated heterocycles. The molecule has 178 valence electrons. The summed E-state index contributed by atoms with van der Waals surface area (Å²) in [5.74, 6) is -0.273. The monoisotopic (exact) mass is 464 g/mol. The van der Waals surface area contributed by atoms with Gasteiger partial charge in [0.15, 0.2) is 14.9 Å². The van der Waals surface area contributed by atoms with E-state index < -0.39 is 15.7 Å². The minimum absolute atomic E-state index is 0.00395. The van der Waals surface area contributed by atoms with Crippen LogP contribution < -0.4 is 5.32 Å². The van der Waals surface area contributed by atoms with Crippen molar-refractivity contribution in [3.63, 3.8) is 0 Å². The average molecular weight is 465 g/mol. The molecule has 0 bridgehead atoms. The van der Waals surface area contributed by atoms with E-state index in [1.165, 1.54) is 0 Å². The van der Waals surface area contributed by atoms with Crippen molar-refractivity contribution in [2.24, 2.45) is 5.92 Å². The highest BCUT2D eigenvalue weighted by molar-refractivity contribution is 7.91. The van der Waals surface area contributed by atoms with Gasteiger partial charge in [0, 0.05) is 6.42 Å². The third kappa shape index (κ3) is 8.04. The topological polar surface area (TPSA) is 102 Å². The molecule has 0 aliphatic heterocycles. The van der Waals surface area contributed by atoms with E-state index in [0.717, 1.165) is 19.3 Å². The van der Waals surface area contributed by atoms with Gasteiger partial charge in [-0.15, -0.1) is 0 Å². The summed E-state index contributed by atoms with van der Waals surface area (Å²) in [4.78, 5) is 28.7. The Balaban J connectivity index is 2.16. The summed E-state index contributed by atoms with van der Waals surface area (Å²) in [6.45, 7) is 7.99. The van der Waals surface area contributed by atoms with Crippen molar-refractivity contribution in [1.82, 2.24) is 10.3 Å². The summed E-state index contributed by atoms with van der Waals surface area (Å²) < 4.78 is 31.2. The zero-order valence-corrected chi connectivity index (χ0v) is 20.4. The second-order valence-corrected chi connectivity index (χ2v) is 10.7. The van der Waals surface area contributed by atoms with Gasteiger partial charge in [0.2, 0.25) is 0 Å². The molecular weight excluding hydrogens is 428 g/mol. The van der Waals surface area contributed by atoms with Crippen LogP contribution in [0, 0.1) is 5.92 Å². The lowest BCUT2D eigenvalue weighted by Crippen LogP contribution is -2.39. The van der Waals surface area contributed by atoms with E-state index in [2.05, 4.69) is 24.1 Å². The Morgan fingerprint density at radius 3 is 2.53 bits per heavy atom. The Kier molecular flexibility index (Phi) is 9.87. The molecule has 1 atom stereocenters. The predicted octanol–water partition coefficient (Wildman–Crippen LogP) is 4.19. The number of sulfone groups is 1. The average Bonchev–Trinajstić information content (AvgIpc) is 3.59. The number of ether oxygens (including phenoxy) is 1. The van der Waals surface area contributed by atoms with Gasteiger partial charge in [-0.2, -0.15) is 0 Å². The molecule has 1 unspecified atom stereocenters. The standard InChI is InChI=1S/C24H36N2O5S/c1-5-9-22(27)31-16-19(6-2)25-23(28)21-14-13-20(18-11-12-18)24(26-21)32(29,30)15-8-7-10-17(3)4/h7-8,13-14,17-19H,5-6,9-12,15-16H2,1-4H3,(H,25,28). The summed E-state index contributed by atoms with van der Waals surface area (Å²) in [6, 6.07) is 2.92. The first-order chi connectivity index (χ1) is 15.2. The minimum Gasteiger partial charge on any atom is -0.463 e. The van der Waals surface area contributed by atoms with Crippen molar-refractivity contribution in [2.75, 3.05) is 12.4 Å². The van der Waals surface area contributed by atoms with Crippen LogP contribution in [0.2, 0.25) is 0 Å². The lowest BCUT2D eigenvalue weighted by atomic mass is 10.1. The van der Waals surface area contributed by atoms with E-state index >= 15 is 0 Å². The number of carbonyl (C=O) groups is 2. The lowest BCUT2D eigenvalue weighted by molar-refractivity contribution is -0.144. The quantitative estimate of drug-likeness (QED) is 0.347. The molecule has 1 fully saturated rings. The van der Waals surface area contributed by atoms with Crippen LogP contribution in [0.5, 0.6) is 0 Å². The van der Waals surface area contributed by atoms with E-state index in [0.29, 0.717) is 30.7 Å². The summed E-state index contributed by atoms with van der Waals surface area (Å²) in [6.07, 6.45) is 7.81. The highest BCUT2D eigenvalue weighted by Crippen LogP contribution is 2.42. The van der Waals surface area contributed by atoms with Gasteiger partial charge >= 0.3 is 5.97 Å². The molecule has 32 heavy (non-hydrogen) atoms. The number of pyridine rings is 1. The maximum absolute atomic E-state index is 13.0. The van der Waals surface area contributed by atoms with Crippen molar-refractivity contribution < 1.29 is 22.7 Å². The number of rotatable bonds is 13. The predicted molar refractivity (Wildman–Crippen MR) is 124 cm³/mol. The number of hydrogen-bond donors (Lipinski definition) is 1. The van der Waals surface area contributed by atoms with Gasteiger partial charge in [0.25, 0.3) is 5.91 Å². The zero-order valence-electron chi connectivity index (χ0n) is 19.6. The number of nitrogens with one attached hydrogen (secondary N) is 1. The van der Waals surface area contributed by atoms with Gasteiger partial charge in [-0.25, -0.2) is 13.4 Å². The van der Waals surface area contributed by atoms with E-state index in [9.17, 15) is 18.0 Å². The smallest absolute Gasteiger partial charge is 0.305 e. The Morgan fingerprint density at radius 1 is 1.22 bits per heavy atom. The van der Waals surface area contributed by atoms with Crippen LogP contribution in [0.3, 0.4) is 0 Å². The Labute approximate surface area is 192 Å². The first-order valence-corrected chi connectivity index (χ1v) is 13.2. The van der Waals surface area contributed by atoms with E-state index in [-0.39, 0.29) is 41.0 Å². The Hall–Kier alpha value is -2.22. The maximum atomic E-state index is 13.0. The summed E-state index contributed by atoms with van der Waals surface area (Å²) in [7, 11) is -3.66. The fourth-order valence-electron chi connectivity index (χ4n) is 3.16. The molecule has 0 spiro atoms. The number of amides is 1. The van der Waals surface area contributed by atoms with Gasteiger partial charge in [-0.3, -0.25) is 9.59 Å². The molecule has 1 aromatic heterocycles. The van der Waals surface area contributed by atoms with Crippen LogP contribution in [-0.4, -0.2) is 43.7 Å². The fourth-order valence-corrected chi connectivity index (χ4v) is 4.54. The number of allylic oxidation sites excluding steroid dienone is 1. The van der Waals surface area contributed by atoms with Gasteiger partial charge in [0.1, 0.15) is 12.3 Å². The summed E-state index contributed by atoms with van der Waals surface area (Å²) in [5.41, 5.74) is 0.747. The van der Waals surface area contributed by atoms with Crippen LogP contribution in [0.4, 0.5) is 0 Å². The van der Waals surface area contributed by atoms with E-state index in [4.69, 9.17) is 4.74 Å². The second-order valence-electron chi connectivity index (χ2n) is 8.76. The van der Waals surface area contributed by atoms with Gasteiger partial charge in [-0.05, 0) is 55.6 Å². The van der Waals surface area contributed by atoms with Crippen LogP contribution in [-0.2, 0) is 19.4 Å². The number of aromatic nitrogens is 1. The molecule has 0 aromatic carbocycles.